The van der Waals surface area contributed by atoms with Gasteiger partial charge >= 0.3 is 0 Å². The van der Waals surface area contributed by atoms with Gasteiger partial charge in [-0.05, 0) is 31.0 Å². The number of hydrogen-bond donors (Lipinski definition) is 1. The van der Waals surface area contributed by atoms with Gasteiger partial charge in [0.05, 0.1) is 0 Å². The number of rotatable bonds is 5. The van der Waals surface area contributed by atoms with Crippen LogP contribution in [-0.4, -0.2) is 17.8 Å². The van der Waals surface area contributed by atoms with Crippen LogP contribution >= 0.6 is 11.6 Å². The Bertz CT molecular complexity index is 534. The van der Waals surface area contributed by atoms with E-state index in [4.69, 9.17) is 16.0 Å². The lowest BCUT2D eigenvalue weighted by atomic mass is 10.1. The van der Waals surface area contributed by atoms with E-state index in [9.17, 15) is 4.79 Å². The van der Waals surface area contributed by atoms with Gasteiger partial charge in [-0.3, -0.25) is 4.79 Å². The van der Waals surface area contributed by atoms with Gasteiger partial charge in [-0.2, -0.15) is 4.98 Å². The van der Waals surface area contributed by atoms with Crippen molar-refractivity contribution in [2.24, 2.45) is 0 Å². The van der Waals surface area contributed by atoms with Crippen molar-refractivity contribution in [2.75, 3.05) is 11.9 Å². The Hall–Kier alpha value is -1.81. The van der Waals surface area contributed by atoms with Crippen LogP contribution in [0, 0.1) is 6.92 Å². The van der Waals surface area contributed by atoms with E-state index < -0.39 is 0 Å². The normalized spacial score (nSPS) is 10.3. The van der Waals surface area contributed by atoms with Crippen molar-refractivity contribution in [3.63, 3.8) is 0 Å². The van der Waals surface area contributed by atoms with Crippen LogP contribution in [0.2, 0.25) is 5.02 Å². The summed E-state index contributed by atoms with van der Waals surface area (Å²) in [7, 11) is 0. The Morgan fingerprint density at radius 1 is 1.39 bits per heavy atom. The summed E-state index contributed by atoms with van der Waals surface area (Å²) >= 11 is 5.80. The minimum atomic E-state index is 0.337. The van der Waals surface area contributed by atoms with Crippen LogP contribution in [0.25, 0.3) is 0 Å². The van der Waals surface area contributed by atoms with Gasteiger partial charge < -0.3 is 9.73 Å². The molecule has 0 fully saturated rings. The molecule has 1 N–H and O–H groups in total. The third-order valence-electron chi connectivity index (χ3n) is 2.55. The molecular formula is C13H13ClN2O2. The van der Waals surface area contributed by atoms with E-state index in [1.54, 1.807) is 6.92 Å². The summed E-state index contributed by atoms with van der Waals surface area (Å²) in [4.78, 5) is 14.6. The predicted molar refractivity (Wildman–Crippen MR) is 70.3 cm³/mol. The molecule has 0 saturated carbocycles. The maximum Gasteiger partial charge on any atom is 0.295 e. The first-order valence-electron chi connectivity index (χ1n) is 5.60. The molecule has 0 amide bonds. The third kappa shape index (κ3) is 3.11. The molecule has 0 atom stereocenters. The van der Waals surface area contributed by atoms with Gasteiger partial charge in [0, 0.05) is 11.6 Å². The van der Waals surface area contributed by atoms with E-state index in [1.807, 2.05) is 24.3 Å². The maximum atomic E-state index is 10.6. The molecule has 18 heavy (non-hydrogen) atoms. The number of benzene rings is 1. The van der Waals surface area contributed by atoms with Crippen molar-refractivity contribution in [1.82, 2.24) is 4.98 Å². The van der Waals surface area contributed by atoms with Gasteiger partial charge in [-0.1, -0.05) is 23.7 Å². The number of aryl methyl sites for hydroxylation is 1. The minimum absolute atomic E-state index is 0.337. The monoisotopic (exact) mass is 264 g/mol. The fourth-order valence-corrected chi connectivity index (χ4v) is 1.68. The largest absolute Gasteiger partial charge is 0.428 e. The summed E-state index contributed by atoms with van der Waals surface area (Å²) in [5, 5.41) is 3.76. The maximum absolute atomic E-state index is 10.6. The first-order valence-corrected chi connectivity index (χ1v) is 5.98. The summed E-state index contributed by atoms with van der Waals surface area (Å²) in [5.41, 5.74) is 1.51. The van der Waals surface area contributed by atoms with Crippen LogP contribution in [0.5, 0.6) is 0 Å². The Labute approximate surface area is 110 Å². The number of oxazole rings is 1. The Morgan fingerprint density at radius 2 is 2.11 bits per heavy atom. The molecule has 0 aliphatic carbocycles. The lowest BCUT2D eigenvalue weighted by Gasteiger charge is -2.02. The highest BCUT2D eigenvalue weighted by molar-refractivity contribution is 6.30. The molecule has 94 valence electrons. The van der Waals surface area contributed by atoms with Gasteiger partial charge in [0.15, 0.2) is 6.29 Å². The zero-order valence-corrected chi connectivity index (χ0v) is 10.7. The highest BCUT2D eigenvalue weighted by Crippen LogP contribution is 2.13. The number of halogens is 1. The quantitative estimate of drug-likeness (QED) is 0.843. The van der Waals surface area contributed by atoms with E-state index in [-0.39, 0.29) is 0 Å². The van der Waals surface area contributed by atoms with Gasteiger partial charge in [0.2, 0.25) is 0 Å². The average Bonchev–Trinajstić information content (AvgIpc) is 2.72. The number of anilines is 1. The lowest BCUT2D eigenvalue weighted by molar-refractivity contribution is 0.111. The Balaban J connectivity index is 1.88. The zero-order chi connectivity index (χ0) is 13.0. The summed E-state index contributed by atoms with van der Waals surface area (Å²) < 4.78 is 5.29. The highest BCUT2D eigenvalue weighted by Gasteiger charge is 2.07. The van der Waals surface area contributed by atoms with Gasteiger partial charge in [-0.15, -0.1) is 0 Å². The van der Waals surface area contributed by atoms with Crippen molar-refractivity contribution in [3.05, 3.63) is 46.3 Å². The third-order valence-corrected chi connectivity index (χ3v) is 2.80. The second kappa shape index (κ2) is 5.69. The molecule has 0 bridgehead atoms. The van der Waals surface area contributed by atoms with E-state index >= 15 is 0 Å². The van der Waals surface area contributed by atoms with Crippen LogP contribution in [0.1, 0.15) is 21.8 Å². The molecular weight excluding hydrogens is 252 g/mol. The number of carbonyl (C=O) groups excluding carboxylic acids is 1. The molecule has 1 heterocycles. The summed E-state index contributed by atoms with van der Waals surface area (Å²) in [6.07, 6.45) is 1.51. The number of carbonyl (C=O) groups is 1. The van der Waals surface area contributed by atoms with Gasteiger partial charge in [-0.25, -0.2) is 0 Å². The summed E-state index contributed by atoms with van der Waals surface area (Å²) in [6.45, 7) is 2.39. The van der Waals surface area contributed by atoms with Gasteiger partial charge in [0.25, 0.3) is 6.01 Å². The fraction of sp³-hybridized carbons (Fsp3) is 0.231. The zero-order valence-electron chi connectivity index (χ0n) is 9.94. The smallest absolute Gasteiger partial charge is 0.295 e. The van der Waals surface area contributed by atoms with Crippen LogP contribution in [0.15, 0.2) is 28.7 Å². The molecule has 0 aliphatic rings. The van der Waals surface area contributed by atoms with Crippen molar-refractivity contribution >= 4 is 23.9 Å². The van der Waals surface area contributed by atoms with E-state index in [2.05, 4.69) is 10.3 Å². The summed E-state index contributed by atoms with van der Waals surface area (Å²) in [5.74, 6) is 0.527. The molecule has 0 radical (unpaired) electrons. The predicted octanol–water partition coefficient (Wildman–Crippen LogP) is 3.10. The van der Waals surface area contributed by atoms with Crippen molar-refractivity contribution < 1.29 is 9.21 Å². The van der Waals surface area contributed by atoms with E-state index in [1.165, 1.54) is 5.56 Å². The van der Waals surface area contributed by atoms with Crippen molar-refractivity contribution in [3.8, 4) is 0 Å². The molecule has 1 aromatic carbocycles. The number of aldehydes is 1. The SMILES string of the molecule is Cc1oc(NCCc2ccc(Cl)cc2)nc1C=O. The Kier molecular flexibility index (Phi) is 3.99. The van der Waals surface area contributed by atoms with Crippen LogP contribution in [0.4, 0.5) is 6.01 Å². The molecule has 1 aromatic heterocycles. The first kappa shape index (κ1) is 12.6. The topological polar surface area (TPSA) is 55.1 Å². The number of hydrogen-bond acceptors (Lipinski definition) is 4. The van der Waals surface area contributed by atoms with Crippen LogP contribution < -0.4 is 5.32 Å². The molecule has 0 aliphatic heterocycles. The van der Waals surface area contributed by atoms with Gasteiger partial charge in [0.1, 0.15) is 11.5 Å². The number of nitrogens with one attached hydrogen (secondary N) is 1. The molecule has 0 unspecified atom stereocenters. The fourth-order valence-electron chi connectivity index (χ4n) is 1.56. The minimum Gasteiger partial charge on any atom is -0.428 e. The number of nitrogens with zero attached hydrogens (tertiary/aromatic N) is 1. The van der Waals surface area contributed by atoms with Crippen molar-refractivity contribution in [1.29, 1.82) is 0 Å². The van der Waals surface area contributed by atoms with Crippen molar-refractivity contribution in [2.45, 2.75) is 13.3 Å². The van der Waals surface area contributed by atoms with Crippen LogP contribution in [-0.2, 0) is 6.42 Å². The molecule has 0 saturated heterocycles. The second-order valence-electron chi connectivity index (χ2n) is 3.88. The molecule has 2 aromatic rings. The van der Waals surface area contributed by atoms with E-state index in [0.717, 1.165) is 11.4 Å². The molecule has 4 nitrogen and oxygen atoms in total. The lowest BCUT2D eigenvalue weighted by Crippen LogP contribution is -2.05. The summed E-state index contributed by atoms with van der Waals surface area (Å²) in [6, 6.07) is 8.04. The Morgan fingerprint density at radius 3 is 2.72 bits per heavy atom. The molecule has 2 rings (SSSR count). The molecule has 0 spiro atoms. The molecule has 5 heteroatoms. The highest BCUT2D eigenvalue weighted by atomic mass is 35.5. The average molecular weight is 265 g/mol. The van der Waals surface area contributed by atoms with Crippen LogP contribution in [0.3, 0.4) is 0 Å². The second-order valence-corrected chi connectivity index (χ2v) is 4.32. The first-order chi connectivity index (χ1) is 8.69. The van der Waals surface area contributed by atoms with E-state index in [0.29, 0.717) is 30.3 Å². The standard InChI is InChI=1S/C13H13ClN2O2/c1-9-12(8-17)16-13(18-9)15-7-6-10-2-4-11(14)5-3-10/h2-5,8H,6-7H2,1H3,(H,15,16). The number of aromatic nitrogens is 1.